The average Bonchev–Trinajstić information content (AvgIpc) is 3.69. The van der Waals surface area contributed by atoms with Crippen LogP contribution in [0.4, 0.5) is 4.39 Å². The molecule has 14 heteroatoms. The fraction of sp³-hybridized carbons (Fsp3) is 0.464. The third kappa shape index (κ3) is 6.98. The highest BCUT2D eigenvalue weighted by Crippen LogP contribution is 2.31. The van der Waals surface area contributed by atoms with E-state index in [4.69, 9.17) is 13.9 Å². The summed E-state index contributed by atoms with van der Waals surface area (Å²) < 4.78 is 31.1. The van der Waals surface area contributed by atoms with Crippen molar-refractivity contribution in [2.45, 2.75) is 65.8 Å². The molecule has 13 nitrogen and oxygen atoms in total. The van der Waals surface area contributed by atoms with Crippen molar-refractivity contribution in [3.8, 4) is 5.75 Å². The Balaban J connectivity index is 1.71. The Morgan fingerprint density at radius 2 is 1.81 bits per heavy atom. The SMILES string of the molecule is Cc1nnc(C(=O)NC(C)(C)c2nc(C(=O)NCc3ccc(F)cc3)c(OC(OC(=O)C3CC3)C(C)C)c(=O)n2C)o1. The van der Waals surface area contributed by atoms with Crippen LogP contribution >= 0.6 is 0 Å². The van der Waals surface area contributed by atoms with Crippen LogP contribution in [-0.4, -0.2) is 43.8 Å². The van der Waals surface area contributed by atoms with Crippen LogP contribution in [0.25, 0.3) is 0 Å². The van der Waals surface area contributed by atoms with Crippen molar-refractivity contribution in [1.82, 2.24) is 30.4 Å². The van der Waals surface area contributed by atoms with Gasteiger partial charge in [0.2, 0.25) is 17.9 Å². The van der Waals surface area contributed by atoms with Crippen molar-refractivity contribution < 1.29 is 32.7 Å². The molecule has 1 aliphatic carbocycles. The summed E-state index contributed by atoms with van der Waals surface area (Å²) in [6, 6.07) is 5.50. The third-order valence-electron chi connectivity index (χ3n) is 6.46. The molecular weight excluding hydrogens is 551 g/mol. The lowest BCUT2D eigenvalue weighted by molar-refractivity contribution is -0.171. The summed E-state index contributed by atoms with van der Waals surface area (Å²) in [5.41, 5.74) is -1.87. The number of aromatic nitrogens is 4. The summed E-state index contributed by atoms with van der Waals surface area (Å²) in [6.07, 6.45) is 0.251. The highest BCUT2D eigenvalue weighted by molar-refractivity contribution is 5.95. The Hall–Kier alpha value is -4.62. The monoisotopic (exact) mass is 584 g/mol. The van der Waals surface area contributed by atoms with E-state index in [9.17, 15) is 23.6 Å². The van der Waals surface area contributed by atoms with Crippen molar-refractivity contribution in [3.05, 3.63) is 69.3 Å². The molecule has 42 heavy (non-hydrogen) atoms. The smallest absolute Gasteiger partial charge is 0.312 e. The van der Waals surface area contributed by atoms with Crippen LogP contribution in [0.15, 0.2) is 33.5 Å². The normalized spacial score (nSPS) is 13.9. The molecule has 1 saturated carbocycles. The molecule has 1 atom stereocenters. The predicted octanol–water partition coefficient (Wildman–Crippen LogP) is 2.52. The van der Waals surface area contributed by atoms with E-state index in [1.807, 2.05) is 0 Å². The second kappa shape index (κ2) is 12.1. The van der Waals surface area contributed by atoms with Crippen molar-refractivity contribution in [2.75, 3.05) is 0 Å². The van der Waals surface area contributed by atoms with Crippen molar-refractivity contribution in [1.29, 1.82) is 0 Å². The number of carbonyl (C=O) groups excluding carboxylic acids is 3. The lowest BCUT2D eigenvalue weighted by Gasteiger charge is -2.28. The van der Waals surface area contributed by atoms with Gasteiger partial charge in [0, 0.05) is 26.4 Å². The van der Waals surface area contributed by atoms with E-state index < -0.39 is 46.7 Å². The molecule has 4 rings (SSSR count). The first-order chi connectivity index (χ1) is 19.8. The van der Waals surface area contributed by atoms with Crippen LogP contribution in [0.5, 0.6) is 5.75 Å². The maximum Gasteiger partial charge on any atom is 0.312 e. The van der Waals surface area contributed by atoms with Gasteiger partial charge in [-0.2, -0.15) is 0 Å². The summed E-state index contributed by atoms with van der Waals surface area (Å²) in [4.78, 5) is 56.9. The number of carbonyl (C=O) groups is 3. The molecular formula is C28H33FN6O7. The predicted molar refractivity (Wildman–Crippen MR) is 145 cm³/mol. The second-order valence-electron chi connectivity index (χ2n) is 10.9. The van der Waals surface area contributed by atoms with Crippen LogP contribution in [0.3, 0.4) is 0 Å². The van der Waals surface area contributed by atoms with E-state index in [1.54, 1.807) is 27.7 Å². The first kappa shape index (κ1) is 30.3. The number of hydrogen-bond donors (Lipinski definition) is 2. The fourth-order valence-corrected chi connectivity index (χ4v) is 3.99. The van der Waals surface area contributed by atoms with Gasteiger partial charge in [-0.05, 0) is 44.4 Å². The standard InChI is InChI=1S/C28H33FN6O7/c1-14(2)26(42-25(39)17-9-10-17)41-20-19(21(36)30-13-16-7-11-18(29)12-8-16)31-27(35(6)24(20)38)28(4,5)32-22(37)23-34-33-15(3)40-23/h7-8,11-12,14,17,26H,9-10,13H2,1-6H3,(H,30,36)(H,32,37). The average molecular weight is 585 g/mol. The first-order valence-electron chi connectivity index (χ1n) is 13.4. The molecule has 1 unspecified atom stereocenters. The minimum Gasteiger partial charge on any atom is -0.446 e. The Bertz CT molecular complexity index is 1540. The molecule has 1 fully saturated rings. The molecule has 2 N–H and O–H groups in total. The summed E-state index contributed by atoms with van der Waals surface area (Å²) >= 11 is 0. The van der Waals surface area contributed by atoms with Crippen molar-refractivity contribution >= 4 is 17.8 Å². The third-order valence-corrected chi connectivity index (χ3v) is 6.46. The van der Waals surface area contributed by atoms with E-state index in [-0.39, 0.29) is 41.7 Å². The van der Waals surface area contributed by atoms with Crippen LogP contribution in [-0.2, 0) is 28.7 Å². The van der Waals surface area contributed by atoms with Crippen molar-refractivity contribution in [3.63, 3.8) is 0 Å². The number of benzene rings is 1. The van der Waals surface area contributed by atoms with Gasteiger partial charge in [-0.3, -0.25) is 23.7 Å². The van der Waals surface area contributed by atoms with Gasteiger partial charge in [0.1, 0.15) is 11.6 Å². The highest BCUT2D eigenvalue weighted by atomic mass is 19.1. The number of aryl methyl sites for hydroxylation is 1. The Morgan fingerprint density at radius 3 is 2.38 bits per heavy atom. The van der Waals surface area contributed by atoms with E-state index >= 15 is 0 Å². The molecule has 1 aromatic carbocycles. The lowest BCUT2D eigenvalue weighted by Crippen LogP contribution is -2.46. The fourth-order valence-electron chi connectivity index (χ4n) is 3.99. The van der Waals surface area contributed by atoms with Gasteiger partial charge in [-0.1, -0.05) is 26.0 Å². The van der Waals surface area contributed by atoms with Gasteiger partial charge in [-0.25, -0.2) is 9.37 Å². The zero-order valence-electron chi connectivity index (χ0n) is 24.2. The van der Waals surface area contributed by atoms with E-state index in [1.165, 1.54) is 38.2 Å². The molecule has 3 aromatic rings. The summed E-state index contributed by atoms with van der Waals surface area (Å²) in [6.45, 7) is 8.15. The molecule has 2 amide bonds. The molecule has 2 aromatic heterocycles. The van der Waals surface area contributed by atoms with E-state index in [0.717, 1.165) is 4.57 Å². The molecule has 0 radical (unpaired) electrons. The number of nitrogens with zero attached hydrogens (tertiary/aromatic N) is 4. The minimum atomic E-state index is -1.33. The quantitative estimate of drug-likeness (QED) is 0.252. The largest absolute Gasteiger partial charge is 0.446 e. The molecule has 2 heterocycles. The second-order valence-corrected chi connectivity index (χ2v) is 10.9. The number of ether oxygens (including phenoxy) is 2. The number of amides is 2. The molecule has 1 aliphatic rings. The van der Waals surface area contributed by atoms with Crippen LogP contribution < -0.4 is 20.9 Å². The molecule has 0 aliphatic heterocycles. The van der Waals surface area contributed by atoms with Crippen LogP contribution in [0.2, 0.25) is 0 Å². The van der Waals surface area contributed by atoms with Gasteiger partial charge < -0.3 is 24.5 Å². The number of hydrogen-bond acceptors (Lipinski definition) is 10. The zero-order chi connectivity index (χ0) is 30.8. The Labute approximate surface area is 240 Å². The number of halogens is 1. The zero-order valence-corrected chi connectivity index (χ0v) is 24.2. The van der Waals surface area contributed by atoms with Crippen molar-refractivity contribution in [2.24, 2.45) is 18.9 Å². The highest BCUT2D eigenvalue weighted by Gasteiger charge is 2.37. The van der Waals surface area contributed by atoms with E-state index in [0.29, 0.717) is 18.4 Å². The molecule has 224 valence electrons. The van der Waals surface area contributed by atoms with Gasteiger partial charge in [0.05, 0.1) is 11.5 Å². The van der Waals surface area contributed by atoms with Crippen LogP contribution in [0, 0.1) is 24.6 Å². The van der Waals surface area contributed by atoms with Crippen LogP contribution in [0.1, 0.15) is 79.0 Å². The van der Waals surface area contributed by atoms with Gasteiger partial charge in [0.15, 0.2) is 5.69 Å². The summed E-state index contributed by atoms with van der Waals surface area (Å²) in [5, 5.41) is 12.7. The summed E-state index contributed by atoms with van der Waals surface area (Å²) in [5.74, 6) is -3.50. The molecule has 0 bridgehead atoms. The molecule has 0 spiro atoms. The number of nitrogens with one attached hydrogen (secondary N) is 2. The Morgan fingerprint density at radius 1 is 1.14 bits per heavy atom. The van der Waals surface area contributed by atoms with Gasteiger partial charge in [0.25, 0.3) is 11.5 Å². The van der Waals surface area contributed by atoms with Gasteiger partial charge in [-0.15, -0.1) is 10.2 Å². The number of esters is 1. The topological polar surface area (TPSA) is 168 Å². The maximum absolute atomic E-state index is 13.7. The van der Waals surface area contributed by atoms with Gasteiger partial charge >= 0.3 is 17.8 Å². The minimum absolute atomic E-state index is 0.00689. The first-order valence-corrected chi connectivity index (χ1v) is 13.4. The molecule has 0 saturated heterocycles. The lowest BCUT2D eigenvalue weighted by atomic mass is 10.0. The summed E-state index contributed by atoms with van der Waals surface area (Å²) in [7, 11) is 1.41. The van der Waals surface area contributed by atoms with E-state index in [2.05, 4.69) is 25.8 Å². The number of rotatable bonds is 11. The Kier molecular flexibility index (Phi) is 8.73. The maximum atomic E-state index is 13.7.